The van der Waals surface area contributed by atoms with Crippen molar-refractivity contribution in [2.24, 2.45) is 5.73 Å². The van der Waals surface area contributed by atoms with Gasteiger partial charge in [0, 0.05) is 15.2 Å². The maximum absolute atomic E-state index is 9.81. The van der Waals surface area contributed by atoms with Crippen LogP contribution in [-0.2, 0) is 0 Å². The molecule has 0 radical (unpaired) electrons. The van der Waals surface area contributed by atoms with E-state index in [2.05, 4.69) is 22.6 Å². The van der Waals surface area contributed by atoms with Gasteiger partial charge in [0.05, 0.1) is 7.11 Å². The number of benzene rings is 1. The summed E-state index contributed by atoms with van der Waals surface area (Å²) < 4.78 is 6.06. The monoisotopic (exact) mass is 307 g/mol. The van der Waals surface area contributed by atoms with Crippen molar-refractivity contribution < 1.29 is 9.84 Å². The number of phenols is 1. The Morgan fingerprint density at radius 2 is 2.21 bits per heavy atom. The van der Waals surface area contributed by atoms with Gasteiger partial charge >= 0.3 is 0 Å². The van der Waals surface area contributed by atoms with Crippen LogP contribution in [0.3, 0.4) is 0 Å². The molecule has 0 aliphatic rings. The van der Waals surface area contributed by atoms with E-state index >= 15 is 0 Å². The molecule has 0 saturated heterocycles. The Hall–Kier alpha value is -0.490. The first-order valence-electron chi connectivity index (χ1n) is 4.42. The molecule has 1 rings (SSSR count). The molecule has 14 heavy (non-hydrogen) atoms. The highest BCUT2D eigenvalue weighted by molar-refractivity contribution is 14.1. The van der Waals surface area contributed by atoms with E-state index in [0.29, 0.717) is 5.75 Å². The maximum Gasteiger partial charge on any atom is 0.162 e. The van der Waals surface area contributed by atoms with Crippen LogP contribution in [0.25, 0.3) is 0 Å². The summed E-state index contributed by atoms with van der Waals surface area (Å²) in [6.45, 7) is 1.98. The van der Waals surface area contributed by atoms with Crippen LogP contribution in [0.5, 0.6) is 11.5 Å². The molecule has 1 aromatic carbocycles. The van der Waals surface area contributed by atoms with Crippen LogP contribution < -0.4 is 10.5 Å². The number of ether oxygens (including phenoxy) is 1. The number of methoxy groups -OCH3 is 1. The number of aromatic hydroxyl groups is 1. The minimum absolute atomic E-state index is 0.140. The molecule has 4 heteroatoms. The van der Waals surface area contributed by atoms with Crippen molar-refractivity contribution in [3.8, 4) is 11.5 Å². The molecule has 78 valence electrons. The highest BCUT2D eigenvalue weighted by atomic mass is 127. The van der Waals surface area contributed by atoms with Gasteiger partial charge in [-0.3, -0.25) is 0 Å². The largest absolute Gasteiger partial charge is 0.504 e. The van der Waals surface area contributed by atoms with Crippen LogP contribution in [0.2, 0.25) is 0 Å². The molecule has 0 aromatic heterocycles. The molecule has 0 spiro atoms. The van der Waals surface area contributed by atoms with Crippen LogP contribution in [0.15, 0.2) is 12.1 Å². The Bertz CT molecular complexity index is 328. The number of rotatable bonds is 3. The van der Waals surface area contributed by atoms with Gasteiger partial charge in [-0.25, -0.2) is 0 Å². The van der Waals surface area contributed by atoms with Gasteiger partial charge in [-0.1, -0.05) is 6.92 Å². The van der Waals surface area contributed by atoms with Gasteiger partial charge in [-0.05, 0) is 41.1 Å². The predicted octanol–water partition coefficient (Wildman–Crippen LogP) is 2.42. The van der Waals surface area contributed by atoms with Gasteiger partial charge in [-0.15, -0.1) is 0 Å². The van der Waals surface area contributed by atoms with E-state index in [9.17, 15) is 5.11 Å². The summed E-state index contributed by atoms with van der Waals surface area (Å²) in [5.41, 5.74) is 6.62. The highest BCUT2D eigenvalue weighted by Crippen LogP contribution is 2.35. The molecular formula is C10H14INO2. The maximum atomic E-state index is 9.81. The summed E-state index contributed by atoms with van der Waals surface area (Å²) in [5.74, 6) is 0.637. The second-order valence-electron chi connectivity index (χ2n) is 3.06. The zero-order valence-electron chi connectivity index (χ0n) is 8.25. The van der Waals surface area contributed by atoms with Gasteiger partial charge in [0.15, 0.2) is 11.5 Å². The molecule has 0 aliphatic heterocycles. The van der Waals surface area contributed by atoms with Crippen molar-refractivity contribution in [2.75, 3.05) is 7.11 Å². The average molecular weight is 307 g/mol. The van der Waals surface area contributed by atoms with Gasteiger partial charge < -0.3 is 15.6 Å². The summed E-state index contributed by atoms with van der Waals surface area (Å²) in [5, 5.41) is 9.81. The molecule has 0 bridgehead atoms. The number of hydrogen-bond acceptors (Lipinski definition) is 3. The number of halogens is 1. The van der Waals surface area contributed by atoms with E-state index in [0.717, 1.165) is 15.6 Å². The Morgan fingerprint density at radius 1 is 1.57 bits per heavy atom. The topological polar surface area (TPSA) is 55.5 Å². The van der Waals surface area contributed by atoms with Crippen LogP contribution in [0.1, 0.15) is 24.9 Å². The van der Waals surface area contributed by atoms with Gasteiger partial charge in [0.2, 0.25) is 0 Å². The van der Waals surface area contributed by atoms with Gasteiger partial charge in [0.1, 0.15) is 0 Å². The molecule has 0 heterocycles. The van der Waals surface area contributed by atoms with Gasteiger partial charge in [0.25, 0.3) is 0 Å². The fourth-order valence-electron chi connectivity index (χ4n) is 1.25. The first-order chi connectivity index (χ1) is 6.60. The predicted molar refractivity (Wildman–Crippen MR) is 64.6 cm³/mol. The molecule has 0 fully saturated rings. The third kappa shape index (κ3) is 2.30. The number of phenolic OH excluding ortho intramolecular Hbond substituents is 1. The SMILES string of the molecule is CC[C@@H](N)c1cc(I)cc(OC)c1O. The van der Waals surface area contributed by atoms with Crippen molar-refractivity contribution in [1.82, 2.24) is 0 Å². The van der Waals surface area contributed by atoms with Crippen molar-refractivity contribution in [3.05, 3.63) is 21.3 Å². The number of nitrogens with two attached hydrogens (primary N) is 1. The minimum atomic E-state index is -0.140. The fraction of sp³-hybridized carbons (Fsp3) is 0.400. The quantitative estimate of drug-likeness (QED) is 0.843. The molecule has 0 unspecified atom stereocenters. The Morgan fingerprint density at radius 3 is 2.71 bits per heavy atom. The van der Waals surface area contributed by atoms with Gasteiger partial charge in [-0.2, -0.15) is 0 Å². The summed E-state index contributed by atoms with van der Waals surface area (Å²) in [7, 11) is 1.53. The standard InChI is InChI=1S/C10H14INO2/c1-3-8(12)7-4-6(11)5-9(14-2)10(7)13/h4-5,8,13H,3,12H2,1-2H3/t8-/m1/s1. The lowest BCUT2D eigenvalue weighted by Crippen LogP contribution is -2.09. The first kappa shape index (κ1) is 11.6. The molecular weight excluding hydrogens is 293 g/mol. The van der Waals surface area contributed by atoms with Crippen molar-refractivity contribution in [1.29, 1.82) is 0 Å². The highest BCUT2D eigenvalue weighted by Gasteiger charge is 2.14. The molecule has 0 aliphatic carbocycles. The lowest BCUT2D eigenvalue weighted by molar-refractivity contribution is 0.368. The van der Waals surface area contributed by atoms with E-state index in [1.54, 1.807) is 6.07 Å². The third-order valence-corrected chi connectivity index (χ3v) is 2.75. The first-order valence-corrected chi connectivity index (χ1v) is 5.50. The average Bonchev–Trinajstić information content (AvgIpc) is 2.19. The second-order valence-corrected chi connectivity index (χ2v) is 4.31. The Balaban J connectivity index is 3.21. The summed E-state index contributed by atoms with van der Waals surface area (Å²) in [6, 6.07) is 3.52. The molecule has 3 N–H and O–H groups in total. The van der Waals surface area contributed by atoms with Crippen LogP contribution in [0.4, 0.5) is 0 Å². The van der Waals surface area contributed by atoms with Crippen molar-refractivity contribution >= 4 is 22.6 Å². The van der Waals surface area contributed by atoms with Crippen LogP contribution >= 0.6 is 22.6 Å². The summed E-state index contributed by atoms with van der Waals surface area (Å²) >= 11 is 2.17. The Labute approximate surface area is 97.4 Å². The minimum Gasteiger partial charge on any atom is -0.504 e. The third-order valence-electron chi connectivity index (χ3n) is 2.13. The lowest BCUT2D eigenvalue weighted by Gasteiger charge is -2.14. The van der Waals surface area contributed by atoms with E-state index < -0.39 is 0 Å². The lowest BCUT2D eigenvalue weighted by atomic mass is 10.0. The molecule has 1 aromatic rings. The molecule has 0 saturated carbocycles. The normalized spacial score (nSPS) is 12.6. The van der Waals surface area contributed by atoms with E-state index in [1.165, 1.54) is 7.11 Å². The smallest absolute Gasteiger partial charge is 0.162 e. The second kappa shape index (κ2) is 4.84. The number of hydrogen-bond donors (Lipinski definition) is 2. The van der Waals surface area contributed by atoms with E-state index in [4.69, 9.17) is 10.5 Å². The molecule has 1 atom stereocenters. The summed E-state index contributed by atoms with van der Waals surface area (Å²) in [4.78, 5) is 0. The van der Waals surface area contributed by atoms with E-state index in [-0.39, 0.29) is 11.8 Å². The molecule has 0 amide bonds. The Kier molecular flexibility index (Phi) is 4.00. The van der Waals surface area contributed by atoms with Crippen molar-refractivity contribution in [3.63, 3.8) is 0 Å². The van der Waals surface area contributed by atoms with E-state index in [1.807, 2.05) is 13.0 Å². The summed E-state index contributed by atoms with van der Waals surface area (Å²) in [6.07, 6.45) is 0.788. The zero-order valence-corrected chi connectivity index (χ0v) is 10.4. The fourth-order valence-corrected chi connectivity index (χ4v) is 1.87. The van der Waals surface area contributed by atoms with Crippen LogP contribution in [0, 0.1) is 3.57 Å². The zero-order chi connectivity index (χ0) is 10.7. The molecule has 3 nitrogen and oxygen atoms in total. The van der Waals surface area contributed by atoms with Crippen LogP contribution in [-0.4, -0.2) is 12.2 Å². The van der Waals surface area contributed by atoms with Crippen molar-refractivity contribution in [2.45, 2.75) is 19.4 Å².